The normalized spacial score (nSPS) is 18.2. The Morgan fingerprint density at radius 3 is 2.79 bits per heavy atom. The first kappa shape index (κ1) is 15.6. The first-order valence-corrected chi connectivity index (χ1v) is 9.49. The van der Waals surface area contributed by atoms with Crippen LogP contribution < -0.4 is 4.74 Å². The molecule has 124 valence electrons. The molecule has 24 heavy (non-hydrogen) atoms. The summed E-state index contributed by atoms with van der Waals surface area (Å²) in [6.07, 6.45) is 3.54. The molecule has 3 aromatic rings. The van der Waals surface area contributed by atoms with Gasteiger partial charge in [0.1, 0.15) is 10.8 Å². The number of hydrogen-bond acceptors (Lipinski definition) is 4. The van der Waals surface area contributed by atoms with Gasteiger partial charge in [0.15, 0.2) is 0 Å². The van der Waals surface area contributed by atoms with Crippen LogP contribution in [0.25, 0.3) is 10.2 Å². The Hall–Kier alpha value is -1.91. The van der Waals surface area contributed by atoms with Crippen LogP contribution in [0, 0.1) is 0 Å². The average molecular weight is 338 g/mol. The lowest BCUT2D eigenvalue weighted by Gasteiger charge is -2.22. The summed E-state index contributed by atoms with van der Waals surface area (Å²) in [7, 11) is 0. The van der Waals surface area contributed by atoms with Gasteiger partial charge in [0, 0.05) is 6.54 Å². The molecule has 0 radical (unpaired) electrons. The van der Waals surface area contributed by atoms with Crippen molar-refractivity contribution in [2.24, 2.45) is 0 Å². The van der Waals surface area contributed by atoms with Gasteiger partial charge < -0.3 is 4.74 Å². The van der Waals surface area contributed by atoms with E-state index in [1.165, 1.54) is 29.1 Å². The molecule has 0 unspecified atom stereocenters. The number of thiazole rings is 1. The summed E-state index contributed by atoms with van der Waals surface area (Å²) in [5.74, 6) is 0.960. The minimum Gasteiger partial charge on any atom is -0.494 e. The smallest absolute Gasteiger partial charge is 0.119 e. The SMILES string of the molecule is c1ccc(OCCCN2CCC[C@H]2c2nc3ccccc3s2)cc1. The Balaban J connectivity index is 1.34. The molecule has 4 rings (SSSR count). The zero-order valence-corrected chi connectivity index (χ0v) is 14.5. The van der Waals surface area contributed by atoms with E-state index in [4.69, 9.17) is 9.72 Å². The first-order valence-electron chi connectivity index (χ1n) is 8.67. The van der Waals surface area contributed by atoms with Crippen molar-refractivity contribution in [1.29, 1.82) is 0 Å². The van der Waals surface area contributed by atoms with Crippen LogP contribution in [0.3, 0.4) is 0 Å². The molecule has 2 aromatic carbocycles. The number of rotatable bonds is 6. The minimum atomic E-state index is 0.485. The third kappa shape index (κ3) is 3.45. The molecule has 0 N–H and O–H groups in total. The van der Waals surface area contributed by atoms with E-state index in [1.807, 2.05) is 41.7 Å². The Bertz CT molecular complexity index is 753. The summed E-state index contributed by atoms with van der Waals surface area (Å²) in [6, 6.07) is 19.0. The number of hydrogen-bond donors (Lipinski definition) is 0. The number of likely N-dealkylation sites (tertiary alicyclic amines) is 1. The highest BCUT2D eigenvalue weighted by Crippen LogP contribution is 2.36. The molecular formula is C20H22N2OS. The van der Waals surface area contributed by atoms with Gasteiger partial charge in [0.05, 0.1) is 22.9 Å². The van der Waals surface area contributed by atoms with Crippen LogP contribution in [0.1, 0.15) is 30.3 Å². The maximum Gasteiger partial charge on any atom is 0.119 e. The van der Waals surface area contributed by atoms with Crippen molar-refractivity contribution in [1.82, 2.24) is 9.88 Å². The van der Waals surface area contributed by atoms with E-state index in [0.717, 1.165) is 30.8 Å². The van der Waals surface area contributed by atoms with E-state index in [0.29, 0.717) is 6.04 Å². The number of nitrogens with zero attached hydrogens (tertiary/aromatic N) is 2. The third-order valence-electron chi connectivity index (χ3n) is 4.56. The fourth-order valence-electron chi connectivity index (χ4n) is 3.38. The Labute approximate surface area is 146 Å². The number of aromatic nitrogens is 1. The van der Waals surface area contributed by atoms with Crippen LogP contribution in [-0.4, -0.2) is 29.6 Å². The highest BCUT2D eigenvalue weighted by atomic mass is 32.1. The predicted molar refractivity (Wildman–Crippen MR) is 99.7 cm³/mol. The summed E-state index contributed by atoms with van der Waals surface area (Å²) < 4.78 is 7.11. The summed E-state index contributed by atoms with van der Waals surface area (Å²) in [5.41, 5.74) is 1.14. The highest BCUT2D eigenvalue weighted by Gasteiger charge is 2.28. The second kappa shape index (κ2) is 7.32. The van der Waals surface area contributed by atoms with Gasteiger partial charge in [0.2, 0.25) is 0 Å². The number of para-hydroxylation sites is 2. The van der Waals surface area contributed by atoms with Crippen molar-refractivity contribution in [2.75, 3.05) is 19.7 Å². The number of benzene rings is 2. The van der Waals surface area contributed by atoms with E-state index in [1.54, 1.807) is 0 Å². The molecule has 0 amide bonds. The number of ether oxygens (including phenoxy) is 1. The monoisotopic (exact) mass is 338 g/mol. The van der Waals surface area contributed by atoms with Gasteiger partial charge in [-0.2, -0.15) is 0 Å². The second-order valence-corrected chi connectivity index (χ2v) is 7.29. The fraction of sp³-hybridized carbons (Fsp3) is 0.350. The van der Waals surface area contributed by atoms with Crippen LogP contribution >= 0.6 is 11.3 Å². The quantitative estimate of drug-likeness (QED) is 0.598. The van der Waals surface area contributed by atoms with E-state index in [9.17, 15) is 0 Å². The lowest BCUT2D eigenvalue weighted by Crippen LogP contribution is -2.25. The molecule has 1 aliphatic heterocycles. The van der Waals surface area contributed by atoms with Gasteiger partial charge in [-0.3, -0.25) is 4.90 Å². The molecule has 3 nitrogen and oxygen atoms in total. The lowest BCUT2D eigenvalue weighted by atomic mass is 10.2. The molecule has 4 heteroatoms. The van der Waals surface area contributed by atoms with Gasteiger partial charge in [0.25, 0.3) is 0 Å². The maximum absolute atomic E-state index is 5.82. The maximum atomic E-state index is 5.82. The third-order valence-corrected chi connectivity index (χ3v) is 5.70. The Kier molecular flexibility index (Phi) is 4.76. The molecule has 1 fully saturated rings. The van der Waals surface area contributed by atoms with Crippen LogP contribution in [0.2, 0.25) is 0 Å². The summed E-state index contributed by atoms with van der Waals surface area (Å²) >= 11 is 1.85. The molecule has 1 aromatic heterocycles. The highest BCUT2D eigenvalue weighted by molar-refractivity contribution is 7.18. The molecule has 1 saturated heterocycles. The molecule has 0 aliphatic carbocycles. The number of fused-ring (bicyclic) bond motifs is 1. The van der Waals surface area contributed by atoms with Crippen molar-refractivity contribution in [3.05, 3.63) is 59.6 Å². The van der Waals surface area contributed by atoms with Gasteiger partial charge in [-0.05, 0) is 50.1 Å². The van der Waals surface area contributed by atoms with Crippen molar-refractivity contribution in [2.45, 2.75) is 25.3 Å². The summed E-state index contributed by atoms with van der Waals surface area (Å²) in [6.45, 7) is 3.02. The standard InChI is InChI=1S/C20H22N2OS/c1-2-8-16(9-3-1)23-15-7-14-22-13-6-11-18(22)20-21-17-10-4-5-12-19(17)24-20/h1-5,8-10,12,18H,6-7,11,13-15H2/t18-/m0/s1. The largest absolute Gasteiger partial charge is 0.494 e. The van der Waals surface area contributed by atoms with E-state index in [-0.39, 0.29) is 0 Å². The molecule has 1 atom stereocenters. The lowest BCUT2D eigenvalue weighted by molar-refractivity contribution is 0.222. The van der Waals surface area contributed by atoms with Crippen LogP contribution in [0.4, 0.5) is 0 Å². The van der Waals surface area contributed by atoms with Crippen LogP contribution in [0.5, 0.6) is 5.75 Å². The molecular weight excluding hydrogens is 316 g/mol. The van der Waals surface area contributed by atoms with Crippen molar-refractivity contribution in [3.8, 4) is 5.75 Å². The van der Waals surface area contributed by atoms with Gasteiger partial charge in [-0.15, -0.1) is 11.3 Å². The van der Waals surface area contributed by atoms with Crippen molar-refractivity contribution < 1.29 is 4.74 Å². The zero-order chi connectivity index (χ0) is 16.2. The van der Waals surface area contributed by atoms with Gasteiger partial charge >= 0.3 is 0 Å². The minimum absolute atomic E-state index is 0.485. The van der Waals surface area contributed by atoms with E-state index in [2.05, 4.69) is 29.2 Å². The molecule has 0 saturated carbocycles. The van der Waals surface area contributed by atoms with E-state index < -0.39 is 0 Å². The molecule has 0 bridgehead atoms. The Morgan fingerprint density at radius 1 is 1.08 bits per heavy atom. The predicted octanol–water partition coefficient (Wildman–Crippen LogP) is 4.90. The van der Waals surface area contributed by atoms with Gasteiger partial charge in [-0.1, -0.05) is 30.3 Å². The van der Waals surface area contributed by atoms with Crippen LogP contribution in [0.15, 0.2) is 54.6 Å². The van der Waals surface area contributed by atoms with Crippen molar-refractivity contribution in [3.63, 3.8) is 0 Å². The van der Waals surface area contributed by atoms with Gasteiger partial charge in [-0.25, -0.2) is 4.98 Å². The second-order valence-electron chi connectivity index (χ2n) is 6.23. The first-order chi connectivity index (χ1) is 11.9. The Morgan fingerprint density at radius 2 is 1.92 bits per heavy atom. The molecule has 1 aliphatic rings. The van der Waals surface area contributed by atoms with Crippen LogP contribution in [-0.2, 0) is 0 Å². The summed E-state index contributed by atoms with van der Waals surface area (Å²) in [5, 5.41) is 1.28. The summed E-state index contributed by atoms with van der Waals surface area (Å²) in [4.78, 5) is 7.44. The molecule has 2 heterocycles. The van der Waals surface area contributed by atoms with Crippen molar-refractivity contribution >= 4 is 21.6 Å². The fourth-order valence-corrected chi connectivity index (χ4v) is 4.52. The van der Waals surface area contributed by atoms with E-state index >= 15 is 0 Å². The molecule has 0 spiro atoms. The topological polar surface area (TPSA) is 25.4 Å². The zero-order valence-electron chi connectivity index (χ0n) is 13.7. The average Bonchev–Trinajstić information content (AvgIpc) is 3.25.